The minimum Gasteiger partial charge on any atom is -0.324 e. The molecule has 0 aliphatic heterocycles. The van der Waals surface area contributed by atoms with Crippen molar-refractivity contribution in [1.82, 2.24) is 9.80 Å². The fraction of sp³-hybridized carbons (Fsp3) is 0.600. The van der Waals surface area contributed by atoms with E-state index in [1.54, 1.807) is 0 Å². The smallest absolute Gasteiger partial charge is 0.238 e. The van der Waals surface area contributed by atoms with Crippen molar-refractivity contribution < 1.29 is 9.59 Å². The Morgan fingerprint density at radius 2 is 1.37 bits per heavy atom. The summed E-state index contributed by atoms with van der Waals surface area (Å²) >= 11 is 1.87. The van der Waals surface area contributed by atoms with Crippen LogP contribution in [0.4, 0.5) is 5.69 Å². The van der Waals surface area contributed by atoms with Gasteiger partial charge in [0.1, 0.15) is 5.78 Å². The van der Waals surface area contributed by atoms with E-state index in [0.29, 0.717) is 25.3 Å². The highest BCUT2D eigenvalue weighted by Gasteiger charge is 2.14. The average Bonchev–Trinajstić information content (AvgIpc) is 2.93. The Kier molecular flexibility index (Phi) is 17.0. The molecule has 0 radical (unpaired) electrons. The molecule has 0 aromatic heterocycles. The van der Waals surface area contributed by atoms with Crippen molar-refractivity contribution in [1.29, 1.82) is 0 Å². The van der Waals surface area contributed by atoms with Gasteiger partial charge >= 0.3 is 0 Å². The van der Waals surface area contributed by atoms with Gasteiger partial charge in [0.2, 0.25) is 5.91 Å². The summed E-state index contributed by atoms with van der Waals surface area (Å²) in [5.74, 6) is 2.16. The number of amides is 1. The Morgan fingerprint density at radius 1 is 0.756 bits per heavy atom. The van der Waals surface area contributed by atoms with Crippen LogP contribution in [0.3, 0.4) is 0 Å². The standard InChI is InChI=1S/C35H55N3O2S/c1-7-9-10-11-12-13-22-38(25-32(39)20-21-33-28(3)16-14-17-29(33)4)27-41-24-23-37(8-2)26-34(40)36-35-30(5)18-15-19-31(35)6/h14-19H,7-13,20-27H2,1-6H3,(H,36,40). The van der Waals surface area contributed by atoms with Crippen molar-refractivity contribution in [2.24, 2.45) is 0 Å². The third-order valence-electron chi connectivity index (χ3n) is 7.91. The zero-order valence-electron chi connectivity index (χ0n) is 26.7. The van der Waals surface area contributed by atoms with Crippen molar-refractivity contribution in [3.8, 4) is 0 Å². The number of benzene rings is 2. The number of Topliss-reactive ketones (excluding diaryl/α,β-unsaturated/α-hetero) is 1. The summed E-state index contributed by atoms with van der Waals surface area (Å²) < 4.78 is 0. The molecule has 0 aliphatic carbocycles. The van der Waals surface area contributed by atoms with Gasteiger partial charge in [-0.2, -0.15) is 0 Å². The van der Waals surface area contributed by atoms with E-state index >= 15 is 0 Å². The van der Waals surface area contributed by atoms with E-state index in [0.717, 1.165) is 60.9 Å². The summed E-state index contributed by atoms with van der Waals surface area (Å²) in [6, 6.07) is 12.4. The molecule has 0 aliphatic rings. The van der Waals surface area contributed by atoms with Crippen molar-refractivity contribution >= 4 is 29.1 Å². The van der Waals surface area contributed by atoms with E-state index in [1.165, 1.54) is 48.8 Å². The molecular weight excluding hydrogens is 526 g/mol. The van der Waals surface area contributed by atoms with Gasteiger partial charge in [0.15, 0.2) is 0 Å². The highest BCUT2D eigenvalue weighted by molar-refractivity contribution is 7.99. The summed E-state index contributed by atoms with van der Waals surface area (Å²) in [6.07, 6.45) is 8.97. The quantitative estimate of drug-likeness (QED) is 0.121. The maximum Gasteiger partial charge on any atom is 0.238 e. The van der Waals surface area contributed by atoms with E-state index in [9.17, 15) is 9.59 Å². The molecule has 228 valence electrons. The molecule has 0 saturated carbocycles. The van der Waals surface area contributed by atoms with Crippen molar-refractivity contribution in [3.63, 3.8) is 0 Å². The molecule has 5 nitrogen and oxygen atoms in total. The average molecular weight is 582 g/mol. The van der Waals surface area contributed by atoms with Gasteiger partial charge in [-0.1, -0.05) is 82.3 Å². The SMILES string of the molecule is CCCCCCCCN(CSCCN(CC)CC(=O)Nc1c(C)cccc1C)CC(=O)CCc1c(C)cccc1C. The van der Waals surface area contributed by atoms with Crippen LogP contribution < -0.4 is 5.32 Å². The van der Waals surface area contributed by atoms with Crippen LogP contribution in [0.15, 0.2) is 36.4 Å². The first kappa shape index (κ1) is 35.0. The number of carbonyl (C=O) groups excluding carboxylic acids is 2. The number of hydrogen-bond donors (Lipinski definition) is 1. The van der Waals surface area contributed by atoms with E-state index in [2.05, 4.69) is 61.0 Å². The van der Waals surface area contributed by atoms with Crippen LogP contribution in [-0.2, 0) is 16.0 Å². The van der Waals surface area contributed by atoms with Gasteiger partial charge in [0, 0.05) is 30.3 Å². The zero-order valence-corrected chi connectivity index (χ0v) is 27.5. The molecule has 0 atom stereocenters. The lowest BCUT2D eigenvalue weighted by Gasteiger charge is -2.23. The Morgan fingerprint density at radius 3 is 2.00 bits per heavy atom. The third kappa shape index (κ3) is 13.6. The van der Waals surface area contributed by atoms with Gasteiger partial charge in [0.25, 0.3) is 0 Å². The lowest BCUT2D eigenvalue weighted by molar-refractivity contribution is -0.120. The molecule has 0 heterocycles. The minimum absolute atomic E-state index is 0.0356. The Labute approximate surface area is 254 Å². The number of para-hydroxylation sites is 1. The molecule has 2 rings (SSSR count). The van der Waals surface area contributed by atoms with Gasteiger partial charge in [0.05, 0.1) is 13.1 Å². The van der Waals surface area contributed by atoms with E-state index < -0.39 is 0 Å². The number of unbranched alkanes of at least 4 members (excludes halogenated alkanes) is 5. The van der Waals surface area contributed by atoms with Gasteiger partial charge in [-0.05, 0) is 81.4 Å². The first-order chi connectivity index (χ1) is 19.7. The van der Waals surface area contributed by atoms with E-state index in [-0.39, 0.29) is 5.91 Å². The van der Waals surface area contributed by atoms with Crippen LogP contribution in [0.2, 0.25) is 0 Å². The van der Waals surface area contributed by atoms with Gasteiger partial charge in [-0.15, -0.1) is 11.8 Å². The number of thioether (sulfide) groups is 1. The summed E-state index contributed by atoms with van der Waals surface area (Å²) in [4.78, 5) is 30.3. The molecule has 6 heteroatoms. The number of carbonyl (C=O) groups is 2. The topological polar surface area (TPSA) is 52.6 Å². The van der Waals surface area contributed by atoms with Crippen LogP contribution >= 0.6 is 11.8 Å². The fourth-order valence-corrected chi connectivity index (χ4v) is 6.27. The maximum absolute atomic E-state index is 13.0. The summed E-state index contributed by atoms with van der Waals surface area (Å²) in [7, 11) is 0. The molecule has 0 spiro atoms. The highest BCUT2D eigenvalue weighted by Crippen LogP contribution is 2.19. The Hall–Kier alpha value is -2.15. The molecular formula is C35H55N3O2S. The normalized spacial score (nSPS) is 11.4. The van der Waals surface area contributed by atoms with Crippen LogP contribution in [0.1, 0.15) is 86.6 Å². The zero-order chi connectivity index (χ0) is 30.0. The van der Waals surface area contributed by atoms with Gasteiger partial charge < -0.3 is 5.32 Å². The third-order valence-corrected chi connectivity index (χ3v) is 8.93. The van der Waals surface area contributed by atoms with Crippen LogP contribution in [-0.4, -0.2) is 65.8 Å². The lowest BCUT2D eigenvalue weighted by Crippen LogP contribution is -2.35. The number of anilines is 1. The van der Waals surface area contributed by atoms with Crippen molar-refractivity contribution in [2.75, 3.05) is 49.7 Å². The Bertz CT molecular complexity index is 1030. The van der Waals surface area contributed by atoms with Gasteiger partial charge in [-0.3, -0.25) is 19.4 Å². The van der Waals surface area contributed by atoms with Crippen LogP contribution in [0.5, 0.6) is 0 Å². The lowest BCUT2D eigenvalue weighted by atomic mass is 9.97. The number of aryl methyl sites for hydroxylation is 4. The largest absolute Gasteiger partial charge is 0.324 e. The second-order valence-electron chi connectivity index (χ2n) is 11.5. The predicted octanol–water partition coefficient (Wildman–Crippen LogP) is 7.74. The van der Waals surface area contributed by atoms with Crippen molar-refractivity contribution in [2.45, 2.75) is 92.9 Å². The second kappa shape index (κ2) is 19.9. The number of nitrogens with zero attached hydrogens (tertiary/aromatic N) is 2. The number of rotatable bonds is 21. The second-order valence-corrected chi connectivity index (χ2v) is 12.5. The number of ketones is 1. The number of hydrogen-bond acceptors (Lipinski definition) is 5. The molecule has 0 unspecified atom stereocenters. The molecule has 41 heavy (non-hydrogen) atoms. The van der Waals surface area contributed by atoms with Crippen LogP contribution in [0.25, 0.3) is 0 Å². The molecule has 1 amide bonds. The summed E-state index contributed by atoms with van der Waals surface area (Å²) in [5, 5.41) is 3.11. The summed E-state index contributed by atoms with van der Waals surface area (Å²) in [6.45, 7) is 16.3. The molecule has 0 saturated heterocycles. The fourth-order valence-electron chi connectivity index (χ4n) is 5.27. The molecule has 1 N–H and O–H groups in total. The Balaban J connectivity index is 1.82. The van der Waals surface area contributed by atoms with E-state index in [1.807, 2.05) is 43.8 Å². The van der Waals surface area contributed by atoms with Crippen LogP contribution in [0, 0.1) is 27.7 Å². The molecule has 2 aromatic rings. The van der Waals surface area contributed by atoms with E-state index in [4.69, 9.17) is 0 Å². The molecule has 0 fully saturated rings. The van der Waals surface area contributed by atoms with Gasteiger partial charge in [-0.25, -0.2) is 0 Å². The number of nitrogens with one attached hydrogen (secondary N) is 1. The minimum atomic E-state index is 0.0356. The first-order valence-electron chi connectivity index (χ1n) is 15.7. The molecule has 2 aromatic carbocycles. The monoisotopic (exact) mass is 581 g/mol. The number of likely N-dealkylation sites (N-methyl/N-ethyl adjacent to an activating group) is 1. The maximum atomic E-state index is 13.0. The first-order valence-corrected chi connectivity index (χ1v) is 16.9. The predicted molar refractivity (Wildman–Crippen MR) is 178 cm³/mol. The highest BCUT2D eigenvalue weighted by atomic mass is 32.2. The molecule has 0 bridgehead atoms. The summed E-state index contributed by atoms with van der Waals surface area (Å²) in [5.41, 5.74) is 6.98. The van der Waals surface area contributed by atoms with Crippen molar-refractivity contribution in [3.05, 3.63) is 64.2 Å².